The summed E-state index contributed by atoms with van der Waals surface area (Å²) in [5, 5.41) is 6.97. The molecule has 0 aromatic heterocycles. The molecule has 0 radical (unpaired) electrons. The number of amides is 1. The molecule has 0 saturated carbocycles. The summed E-state index contributed by atoms with van der Waals surface area (Å²) in [6, 6.07) is 13.8. The lowest BCUT2D eigenvalue weighted by molar-refractivity contribution is 0.0951. The second kappa shape index (κ2) is 12.5. The molecule has 1 fully saturated rings. The predicted octanol–water partition coefficient (Wildman–Crippen LogP) is 4.59. The van der Waals surface area contributed by atoms with E-state index in [2.05, 4.69) is 17.6 Å². The third-order valence-corrected chi connectivity index (χ3v) is 8.16. The molecule has 0 unspecified atom stereocenters. The van der Waals surface area contributed by atoms with Crippen LogP contribution < -0.4 is 10.6 Å². The number of hydrogen-bond acceptors (Lipinski definition) is 4. The van der Waals surface area contributed by atoms with E-state index in [0.29, 0.717) is 29.7 Å². The van der Waals surface area contributed by atoms with Crippen molar-refractivity contribution in [3.05, 3.63) is 64.7 Å². The molecule has 1 aliphatic rings. The maximum absolute atomic E-state index is 13.2. The molecule has 2 aromatic carbocycles. The van der Waals surface area contributed by atoms with Crippen LogP contribution in [0, 0.1) is 0 Å². The Hall–Kier alpha value is -1.93. The fourth-order valence-electron chi connectivity index (χ4n) is 4.01. The maximum atomic E-state index is 13.2. The van der Waals surface area contributed by atoms with E-state index in [4.69, 9.17) is 11.6 Å². The molecule has 2 aromatic rings. The second-order valence-electron chi connectivity index (χ2n) is 8.53. The summed E-state index contributed by atoms with van der Waals surface area (Å²) in [6.07, 6.45) is 6.56. The van der Waals surface area contributed by atoms with Crippen LogP contribution in [0.4, 0.5) is 0 Å². The molecule has 1 heterocycles. The quantitative estimate of drug-likeness (QED) is 0.450. The second-order valence-corrected chi connectivity index (χ2v) is 10.9. The van der Waals surface area contributed by atoms with E-state index in [1.165, 1.54) is 25.7 Å². The number of sulfonamides is 1. The molecule has 33 heavy (non-hydrogen) atoms. The monoisotopic (exact) mass is 491 g/mol. The minimum absolute atomic E-state index is 0.232. The standard InChI is InChI=1S/C25H34ClN3O3S/c1-2-3-4-5-15-27-23-13-16-29(17-14-23)33(31,32)24-8-6-7-20(18-24)19-28-25(30)21-9-11-22(26)12-10-21/h6-12,18,23,27H,2-5,13-17,19H2,1H3,(H,28,30). The number of carbonyl (C=O) groups excluding carboxylic acids is 1. The number of halogens is 1. The smallest absolute Gasteiger partial charge is 0.251 e. The van der Waals surface area contributed by atoms with E-state index < -0.39 is 10.0 Å². The lowest BCUT2D eigenvalue weighted by atomic mass is 10.1. The van der Waals surface area contributed by atoms with E-state index in [0.717, 1.165) is 24.9 Å². The van der Waals surface area contributed by atoms with Crippen molar-refractivity contribution in [2.45, 2.75) is 62.9 Å². The van der Waals surface area contributed by atoms with E-state index in [9.17, 15) is 13.2 Å². The Bertz CT molecular complexity index is 1000. The first-order valence-corrected chi connectivity index (χ1v) is 13.6. The van der Waals surface area contributed by atoms with Crippen LogP contribution in [-0.2, 0) is 16.6 Å². The van der Waals surface area contributed by atoms with Crippen molar-refractivity contribution in [2.75, 3.05) is 19.6 Å². The Morgan fingerprint density at radius 3 is 2.48 bits per heavy atom. The van der Waals surface area contributed by atoms with Gasteiger partial charge in [0.25, 0.3) is 5.91 Å². The molecule has 8 heteroatoms. The normalized spacial score (nSPS) is 15.5. The van der Waals surface area contributed by atoms with E-state index in [1.807, 2.05) is 6.07 Å². The van der Waals surface area contributed by atoms with Gasteiger partial charge in [-0.25, -0.2) is 8.42 Å². The SMILES string of the molecule is CCCCCCNC1CCN(S(=O)(=O)c2cccc(CNC(=O)c3ccc(Cl)cc3)c2)CC1. The van der Waals surface area contributed by atoms with Crippen LogP contribution >= 0.6 is 11.6 Å². The molecule has 6 nitrogen and oxygen atoms in total. The van der Waals surface area contributed by atoms with Crippen molar-refractivity contribution in [1.29, 1.82) is 0 Å². The van der Waals surface area contributed by atoms with Gasteiger partial charge in [0.2, 0.25) is 10.0 Å². The summed E-state index contributed by atoms with van der Waals surface area (Å²) in [7, 11) is -3.56. The van der Waals surface area contributed by atoms with Crippen LogP contribution in [0.1, 0.15) is 61.4 Å². The van der Waals surface area contributed by atoms with Crippen molar-refractivity contribution in [1.82, 2.24) is 14.9 Å². The first-order valence-electron chi connectivity index (χ1n) is 11.8. The molecule has 1 saturated heterocycles. The first-order chi connectivity index (χ1) is 15.9. The molecular formula is C25H34ClN3O3S. The van der Waals surface area contributed by atoms with Gasteiger partial charge in [0.1, 0.15) is 0 Å². The van der Waals surface area contributed by atoms with Crippen molar-refractivity contribution in [2.24, 2.45) is 0 Å². The molecule has 2 N–H and O–H groups in total. The number of hydrogen-bond donors (Lipinski definition) is 2. The lowest BCUT2D eigenvalue weighted by Crippen LogP contribution is -2.45. The Kier molecular flexibility index (Phi) is 9.74. The molecule has 1 amide bonds. The van der Waals surface area contributed by atoms with Gasteiger partial charge in [-0.2, -0.15) is 4.31 Å². The minimum Gasteiger partial charge on any atom is -0.348 e. The van der Waals surface area contributed by atoms with Crippen LogP contribution in [0.2, 0.25) is 5.02 Å². The highest BCUT2D eigenvalue weighted by atomic mass is 35.5. The summed E-state index contributed by atoms with van der Waals surface area (Å²) < 4.78 is 27.9. The average Bonchev–Trinajstić information content (AvgIpc) is 2.83. The van der Waals surface area contributed by atoms with Gasteiger partial charge in [-0.3, -0.25) is 4.79 Å². The molecule has 1 aliphatic heterocycles. The third-order valence-electron chi connectivity index (χ3n) is 6.01. The van der Waals surface area contributed by atoms with Gasteiger partial charge >= 0.3 is 0 Å². The van der Waals surface area contributed by atoms with Crippen LogP contribution in [-0.4, -0.2) is 44.3 Å². The Morgan fingerprint density at radius 1 is 1.06 bits per heavy atom. The van der Waals surface area contributed by atoms with Gasteiger partial charge in [0, 0.05) is 36.3 Å². The summed E-state index contributed by atoms with van der Waals surface area (Å²) in [5.41, 5.74) is 1.24. The van der Waals surface area contributed by atoms with Crippen LogP contribution in [0.5, 0.6) is 0 Å². The molecule has 0 spiro atoms. The molecular weight excluding hydrogens is 458 g/mol. The van der Waals surface area contributed by atoms with Crippen LogP contribution in [0.3, 0.4) is 0 Å². The highest BCUT2D eigenvalue weighted by molar-refractivity contribution is 7.89. The zero-order valence-corrected chi connectivity index (χ0v) is 20.8. The zero-order chi connectivity index (χ0) is 23.7. The minimum atomic E-state index is -3.56. The average molecular weight is 492 g/mol. The highest BCUT2D eigenvalue weighted by Gasteiger charge is 2.29. The first kappa shape index (κ1) is 25.7. The highest BCUT2D eigenvalue weighted by Crippen LogP contribution is 2.22. The van der Waals surface area contributed by atoms with E-state index in [1.54, 1.807) is 46.8 Å². The Balaban J connectivity index is 1.52. The van der Waals surface area contributed by atoms with Gasteiger partial charge in [0.15, 0.2) is 0 Å². The number of unbranched alkanes of at least 4 members (excludes halogenated alkanes) is 3. The number of piperidine rings is 1. The van der Waals surface area contributed by atoms with Crippen molar-refractivity contribution < 1.29 is 13.2 Å². The van der Waals surface area contributed by atoms with Crippen molar-refractivity contribution in [3.63, 3.8) is 0 Å². The van der Waals surface area contributed by atoms with Crippen molar-refractivity contribution in [3.8, 4) is 0 Å². The molecule has 0 aliphatic carbocycles. The predicted molar refractivity (Wildman–Crippen MR) is 133 cm³/mol. The molecule has 3 rings (SSSR count). The Labute approximate surface area is 202 Å². The topological polar surface area (TPSA) is 78.5 Å². The number of nitrogens with zero attached hydrogens (tertiary/aromatic N) is 1. The molecule has 180 valence electrons. The lowest BCUT2D eigenvalue weighted by Gasteiger charge is -2.31. The largest absolute Gasteiger partial charge is 0.348 e. The van der Waals surface area contributed by atoms with Gasteiger partial charge < -0.3 is 10.6 Å². The van der Waals surface area contributed by atoms with Crippen molar-refractivity contribution >= 4 is 27.5 Å². The summed E-state index contributed by atoms with van der Waals surface area (Å²) in [4.78, 5) is 12.6. The number of rotatable bonds is 11. The summed E-state index contributed by atoms with van der Waals surface area (Å²) in [6.45, 7) is 4.49. The number of nitrogens with one attached hydrogen (secondary N) is 2. The fourth-order valence-corrected chi connectivity index (χ4v) is 5.68. The molecule has 0 atom stereocenters. The van der Waals surface area contributed by atoms with Crippen LogP contribution in [0.15, 0.2) is 53.4 Å². The van der Waals surface area contributed by atoms with Gasteiger partial charge in [-0.15, -0.1) is 0 Å². The van der Waals surface area contributed by atoms with Crippen LogP contribution in [0.25, 0.3) is 0 Å². The van der Waals surface area contributed by atoms with Gasteiger partial charge in [-0.05, 0) is 67.8 Å². The molecule has 0 bridgehead atoms. The third kappa shape index (κ3) is 7.54. The Morgan fingerprint density at radius 2 is 1.79 bits per heavy atom. The fraction of sp³-hybridized carbons (Fsp3) is 0.480. The van der Waals surface area contributed by atoms with E-state index in [-0.39, 0.29) is 17.3 Å². The van der Waals surface area contributed by atoms with Gasteiger partial charge in [-0.1, -0.05) is 49.9 Å². The maximum Gasteiger partial charge on any atom is 0.251 e. The van der Waals surface area contributed by atoms with Gasteiger partial charge in [0.05, 0.1) is 4.90 Å². The summed E-state index contributed by atoms with van der Waals surface area (Å²) >= 11 is 5.86. The summed E-state index contributed by atoms with van der Waals surface area (Å²) in [5.74, 6) is -0.232. The zero-order valence-electron chi connectivity index (χ0n) is 19.2. The van der Waals surface area contributed by atoms with E-state index >= 15 is 0 Å². The number of carbonyl (C=O) groups is 1. The number of benzene rings is 2.